The molecule has 0 fully saturated rings. The molecule has 88 valence electrons. The summed E-state index contributed by atoms with van der Waals surface area (Å²) in [5.41, 5.74) is 5.06. The Hall–Kier alpha value is -1.10. The molecule has 0 rings (SSSR count). The predicted octanol–water partition coefficient (Wildman–Crippen LogP) is 0.605. The molecular weight excluding hydrogens is 196 g/mol. The first kappa shape index (κ1) is 13.9. The van der Waals surface area contributed by atoms with Crippen LogP contribution in [0.5, 0.6) is 0 Å². The third-order valence-electron chi connectivity index (χ3n) is 1.70. The Morgan fingerprint density at radius 1 is 1.33 bits per heavy atom. The molecular formula is C10H20N2O3. The van der Waals surface area contributed by atoms with Crippen molar-refractivity contribution in [3.8, 4) is 0 Å². The van der Waals surface area contributed by atoms with Crippen molar-refractivity contribution in [3.63, 3.8) is 0 Å². The monoisotopic (exact) mass is 216 g/mol. The number of nitrogens with one attached hydrogen (secondary N) is 2. The Balaban J connectivity index is 4.16. The van der Waals surface area contributed by atoms with E-state index in [9.17, 15) is 9.59 Å². The van der Waals surface area contributed by atoms with Crippen LogP contribution in [0.4, 0.5) is 0 Å². The van der Waals surface area contributed by atoms with Crippen molar-refractivity contribution >= 4 is 11.9 Å². The second-order valence-corrected chi connectivity index (χ2v) is 3.76. The zero-order valence-electron chi connectivity index (χ0n) is 9.79. The highest BCUT2D eigenvalue weighted by molar-refractivity contribution is 5.77. The quantitative estimate of drug-likeness (QED) is 0.504. The molecule has 1 amide bonds. The second kappa shape index (κ2) is 7.23. The van der Waals surface area contributed by atoms with Crippen molar-refractivity contribution in [1.29, 1.82) is 0 Å². The Kier molecular flexibility index (Phi) is 6.70. The van der Waals surface area contributed by atoms with E-state index >= 15 is 0 Å². The van der Waals surface area contributed by atoms with Gasteiger partial charge in [0.2, 0.25) is 5.91 Å². The lowest BCUT2D eigenvalue weighted by atomic mass is 10.0. The molecule has 1 atom stereocenters. The molecule has 0 aromatic rings. The lowest BCUT2D eigenvalue weighted by molar-refractivity contribution is -0.146. The van der Waals surface area contributed by atoms with Crippen LogP contribution >= 0.6 is 0 Å². The third-order valence-corrected chi connectivity index (χ3v) is 1.70. The molecule has 0 saturated carbocycles. The molecule has 0 unspecified atom stereocenters. The van der Waals surface area contributed by atoms with Crippen LogP contribution in [0.25, 0.3) is 0 Å². The third kappa shape index (κ3) is 6.90. The highest BCUT2D eigenvalue weighted by Crippen LogP contribution is 2.05. The molecule has 0 aromatic heterocycles. The van der Waals surface area contributed by atoms with Gasteiger partial charge < -0.3 is 4.74 Å². The average Bonchev–Trinajstić information content (AvgIpc) is 2.11. The van der Waals surface area contributed by atoms with Gasteiger partial charge in [-0.2, -0.15) is 0 Å². The number of rotatable bonds is 6. The van der Waals surface area contributed by atoms with Gasteiger partial charge in [0.1, 0.15) is 6.04 Å². The van der Waals surface area contributed by atoms with E-state index in [1.807, 2.05) is 13.8 Å². The number of hydrogen-bond acceptors (Lipinski definition) is 4. The largest absolute Gasteiger partial charge is 0.465 e. The summed E-state index contributed by atoms with van der Waals surface area (Å²) in [4.78, 5) is 22.1. The van der Waals surface area contributed by atoms with Gasteiger partial charge in [-0.15, -0.1) is 0 Å². The molecule has 0 bridgehead atoms. The number of hydrazine groups is 1. The lowest BCUT2D eigenvalue weighted by Crippen LogP contribution is -2.48. The van der Waals surface area contributed by atoms with E-state index in [1.165, 1.54) is 6.92 Å². The molecule has 0 aliphatic rings. The first-order valence-corrected chi connectivity index (χ1v) is 5.16. The maximum Gasteiger partial charge on any atom is 0.324 e. The van der Waals surface area contributed by atoms with Crippen LogP contribution in [0.2, 0.25) is 0 Å². The summed E-state index contributed by atoms with van der Waals surface area (Å²) in [5, 5.41) is 0. The van der Waals surface area contributed by atoms with Crippen molar-refractivity contribution < 1.29 is 14.3 Å². The predicted molar refractivity (Wildman–Crippen MR) is 56.8 cm³/mol. The van der Waals surface area contributed by atoms with Gasteiger partial charge in [-0.25, -0.2) is 5.43 Å². The van der Waals surface area contributed by atoms with Crippen molar-refractivity contribution in [1.82, 2.24) is 10.9 Å². The fourth-order valence-electron chi connectivity index (χ4n) is 1.12. The van der Waals surface area contributed by atoms with E-state index in [2.05, 4.69) is 10.9 Å². The molecule has 0 spiro atoms. The minimum Gasteiger partial charge on any atom is -0.465 e. The second-order valence-electron chi connectivity index (χ2n) is 3.76. The van der Waals surface area contributed by atoms with Crippen LogP contribution in [-0.2, 0) is 14.3 Å². The Labute approximate surface area is 90.5 Å². The number of esters is 1. The number of ether oxygens (including phenoxy) is 1. The molecule has 0 heterocycles. The molecule has 0 aliphatic carbocycles. The molecule has 5 nitrogen and oxygen atoms in total. The summed E-state index contributed by atoms with van der Waals surface area (Å²) in [6.45, 7) is 7.48. The van der Waals surface area contributed by atoms with Gasteiger partial charge in [0.05, 0.1) is 6.61 Å². The number of carbonyl (C=O) groups excluding carboxylic acids is 2. The fourth-order valence-corrected chi connectivity index (χ4v) is 1.12. The fraction of sp³-hybridized carbons (Fsp3) is 0.800. The van der Waals surface area contributed by atoms with Gasteiger partial charge in [-0.1, -0.05) is 13.8 Å². The van der Waals surface area contributed by atoms with Crippen LogP contribution < -0.4 is 10.9 Å². The van der Waals surface area contributed by atoms with E-state index in [0.717, 1.165) is 0 Å². The maximum atomic E-state index is 11.5. The van der Waals surface area contributed by atoms with Gasteiger partial charge in [-0.3, -0.25) is 15.0 Å². The number of amides is 1. The van der Waals surface area contributed by atoms with E-state index in [0.29, 0.717) is 18.9 Å². The molecule has 0 aliphatic heterocycles. The molecule has 0 aromatic carbocycles. The molecule has 2 N–H and O–H groups in total. The van der Waals surface area contributed by atoms with Gasteiger partial charge in [0.25, 0.3) is 0 Å². The first-order chi connectivity index (χ1) is 6.97. The van der Waals surface area contributed by atoms with Crippen LogP contribution in [0.3, 0.4) is 0 Å². The van der Waals surface area contributed by atoms with Crippen LogP contribution in [-0.4, -0.2) is 24.5 Å². The van der Waals surface area contributed by atoms with E-state index in [1.54, 1.807) is 6.92 Å². The highest BCUT2D eigenvalue weighted by atomic mass is 16.5. The van der Waals surface area contributed by atoms with Crippen molar-refractivity contribution in [2.75, 3.05) is 6.61 Å². The van der Waals surface area contributed by atoms with Crippen LogP contribution in [0.15, 0.2) is 0 Å². The van der Waals surface area contributed by atoms with Crippen molar-refractivity contribution in [3.05, 3.63) is 0 Å². The smallest absolute Gasteiger partial charge is 0.324 e. The number of carbonyl (C=O) groups is 2. The molecule has 0 saturated heterocycles. The molecule has 0 radical (unpaired) electrons. The molecule has 15 heavy (non-hydrogen) atoms. The highest BCUT2D eigenvalue weighted by Gasteiger charge is 2.20. The molecule has 5 heteroatoms. The Morgan fingerprint density at radius 2 is 1.93 bits per heavy atom. The lowest BCUT2D eigenvalue weighted by Gasteiger charge is -2.18. The van der Waals surface area contributed by atoms with Gasteiger partial charge in [0, 0.05) is 6.92 Å². The van der Waals surface area contributed by atoms with E-state index in [-0.39, 0.29) is 11.9 Å². The summed E-state index contributed by atoms with van der Waals surface area (Å²) in [6.07, 6.45) is 0.624. The van der Waals surface area contributed by atoms with Crippen molar-refractivity contribution in [2.45, 2.75) is 40.2 Å². The first-order valence-electron chi connectivity index (χ1n) is 5.16. The normalized spacial score (nSPS) is 12.3. The Morgan fingerprint density at radius 3 is 2.33 bits per heavy atom. The minimum atomic E-state index is -0.478. The SMILES string of the molecule is CCOC(=O)[C@H](CC(C)C)NNC(C)=O. The maximum absolute atomic E-state index is 11.5. The minimum absolute atomic E-state index is 0.229. The summed E-state index contributed by atoms with van der Waals surface area (Å²) < 4.78 is 4.88. The summed E-state index contributed by atoms with van der Waals surface area (Å²) in [5.74, 6) is -0.214. The van der Waals surface area contributed by atoms with Crippen LogP contribution in [0.1, 0.15) is 34.1 Å². The van der Waals surface area contributed by atoms with Gasteiger partial charge in [-0.05, 0) is 19.3 Å². The number of hydrogen-bond donors (Lipinski definition) is 2. The Bertz CT molecular complexity index is 217. The van der Waals surface area contributed by atoms with Gasteiger partial charge in [0.15, 0.2) is 0 Å². The summed E-state index contributed by atoms with van der Waals surface area (Å²) in [6, 6.07) is -0.478. The average molecular weight is 216 g/mol. The van der Waals surface area contributed by atoms with Crippen LogP contribution in [0, 0.1) is 5.92 Å². The topological polar surface area (TPSA) is 67.4 Å². The zero-order valence-corrected chi connectivity index (χ0v) is 9.79. The van der Waals surface area contributed by atoms with Crippen molar-refractivity contribution in [2.24, 2.45) is 5.92 Å². The van der Waals surface area contributed by atoms with Gasteiger partial charge >= 0.3 is 5.97 Å². The standard InChI is InChI=1S/C10H20N2O3/c1-5-15-10(14)9(6-7(2)3)12-11-8(4)13/h7,9,12H,5-6H2,1-4H3,(H,11,13)/t9-/m0/s1. The summed E-state index contributed by atoms with van der Waals surface area (Å²) >= 11 is 0. The van der Waals surface area contributed by atoms with E-state index < -0.39 is 6.04 Å². The zero-order chi connectivity index (χ0) is 11.8. The summed E-state index contributed by atoms with van der Waals surface area (Å²) in [7, 11) is 0. The van der Waals surface area contributed by atoms with E-state index in [4.69, 9.17) is 4.74 Å².